The first-order valence-corrected chi connectivity index (χ1v) is 13.4. The van der Waals surface area contributed by atoms with Gasteiger partial charge in [-0.1, -0.05) is 6.07 Å². The second kappa shape index (κ2) is 8.54. The summed E-state index contributed by atoms with van der Waals surface area (Å²) in [5.41, 5.74) is 6.80. The van der Waals surface area contributed by atoms with Gasteiger partial charge in [0.15, 0.2) is 9.84 Å². The van der Waals surface area contributed by atoms with E-state index in [9.17, 15) is 16.8 Å². The number of hydrogen-bond acceptors (Lipinski definition) is 9. The van der Waals surface area contributed by atoms with Crippen LogP contribution >= 0.6 is 0 Å². The van der Waals surface area contributed by atoms with Crippen LogP contribution in [-0.2, 0) is 19.9 Å². The van der Waals surface area contributed by atoms with Gasteiger partial charge in [-0.05, 0) is 74.4 Å². The second-order valence-electron chi connectivity index (χ2n) is 8.24. The molecule has 1 aromatic heterocycles. The number of H-pyrrole nitrogens is 1. The van der Waals surface area contributed by atoms with Crippen molar-refractivity contribution in [2.45, 2.75) is 65.5 Å². The van der Waals surface area contributed by atoms with Gasteiger partial charge in [-0.3, -0.25) is 0 Å². The van der Waals surface area contributed by atoms with Gasteiger partial charge in [0.25, 0.3) is 0 Å². The van der Waals surface area contributed by atoms with Crippen LogP contribution in [0, 0.1) is 0 Å². The lowest BCUT2D eigenvalue weighted by molar-refractivity contribution is 0.395. The molecule has 11 nitrogen and oxygen atoms in total. The van der Waals surface area contributed by atoms with E-state index in [0.717, 1.165) is 25.7 Å². The first-order chi connectivity index (χ1) is 14.7. The third-order valence-electron chi connectivity index (χ3n) is 6.25. The zero-order chi connectivity index (χ0) is 22.2. The lowest BCUT2D eigenvalue weighted by Crippen LogP contribution is -2.36. The average molecular weight is 470 g/mol. The van der Waals surface area contributed by atoms with Crippen molar-refractivity contribution < 1.29 is 16.8 Å². The van der Waals surface area contributed by atoms with Gasteiger partial charge in [0.2, 0.25) is 15.8 Å². The molecule has 0 amide bonds. The first-order valence-electron chi connectivity index (χ1n) is 10.3. The van der Waals surface area contributed by atoms with Gasteiger partial charge in [0, 0.05) is 11.6 Å². The van der Waals surface area contributed by atoms with Crippen LogP contribution in [0.4, 0.5) is 0 Å². The number of primary sulfonamides is 1. The van der Waals surface area contributed by atoms with E-state index in [-0.39, 0.29) is 28.2 Å². The number of hydrogen-bond donors (Lipinski definition) is 4. The summed E-state index contributed by atoms with van der Waals surface area (Å²) in [5.74, 6) is 0.000641. The number of aromatic amines is 1. The van der Waals surface area contributed by atoms with E-state index in [2.05, 4.69) is 25.9 Å². The normalized spacial score (nSPS) is 23.7. The SMILES string of the molecule is NC1CCC(c2ccc(S(=O)(=O)C3CCNCC3)c(S(N)(=O)=O)c2-c2nn[nH]n2)CC1. The summed E-state index contributed by atoms with van der Waals surface area (Å²) in [5, 5.41) is 21.8. The molecule has 1 aliphatic heterocycles. The summed E-state index contributed by atoms with van der Waals surface area (Å²) in [7, 11) is -8.38. The molecule has 170 valence electrons. The molecule has 2 heterocycles. The smallest absolute Gasteiger partial charge is 0.240 e. The van der Waals surface area contributed by atoms with Gasteiger partial charge in [-0.25, -0.2) is 22.0 Å². The van der Waals surface area contributed by atoms with E-state index >= 15 is 0 Å². The fraction of sp³-hybridized carbons (Fsp3) is 0.611. The van der Waals surface area contributed by atoms with E-state index in [1.165, 1.54) is 6.07 Å². The highest BCUT2D eigenvalue weighted by molar-refractivity contribution is 7.94. The summed E-state index contributed by atoms with van der Waals surface area (Å²) in [4.78, 5) is -0.738. The molecule has 2 aromatic rings. The Morgan fingerprint density at radius 3 is 2.23 bits per heavy atom. The lowest BCUT2D eigenvalue weighted by Gasteiger charge is -2.29. The summed E-state index contributed by atoms with van der Waals surface area (Å²) in [6.45, 7) is 1.10. The predicted molar refractivity (Wildman–Crippen MR) is 113 cm³/mol. The molecule has 0 radical (unpaired) electrons. The number of nitrogens with zero attached hydrogens (tertiary/aromatic N) is 3. The van der Waals surface area contributed by atoms with Crippen LogP contribution in [0.1, 0.15) is 50.0 Å². The maximum atomic E-state index is 13.5. The summed E-state index contributed by atoms with van der Waals surface area (Å²) >= 11 is 0. The molecular weight excluding hydrogens is 442 g/mol. The fourth-order valence-electron chi connectivity index (χ4n) is 4.64. The largest absolute Gasteiger partial charge is 0.328 e. The van der Waals surface area contributed by atoms with Crippen LogP contribution in [0.5, 0.6) is 0 Å². The minimum atomic E-state index is -4.43. The summed E-state index contributed by atoms with van der Waals surface area (Å²) in [6.07, 6.45) is 3.86. The zero-order valence-electron chi connectivity index (χ0n) is 17.0. The lowest BCUT2D eigenvalue weighted by atomic mass is 9.80. The molecule has 0 unspecified atom stereocenters. The molecule has 2 fully saturated rings. The van der Waals surface area contributed by atoms with Crippen LogP contribution in [0.2, 0.25) is 0 Å². The number of nitrogens with two attached hydrogens (primary N) is 2. The highest BCUT2D eigenvalue weighted by atomic mass is 32.2. The Kier molecular flexibility index (Phi) is 6.14. The van der Waals surface area contributed by atoms with Crippen molar-refractivity contribution in [3.05, 3.63) is 17.7 Å². The van der Waals surface area contributed by atoms with Crippen molar-refractivity contribution >= 4 is 19.9 Å². The van der Waals surface area contributed by atoms with Crippen molar-refractivity contribution in [3.63, 3.8) is 0 Å². The Labute approximate surface area is 181 Å². The Hall–Kier alpha value is -1.93. The Morgan fingerprint density at radius 1 is 0.968 bits per heavy atom. The van der Waals surface area contributed by atoms with Gasteiger partial charge in [-0.2, -0.15) is 5.21 Å². The van der Waals surface area contributed by atoms with Gasteiger partial charge >= 0.3 is 0 Å². The third kappa shape index (κ3) is 4.37. The van der Waals surface area contributed by atoms with Crippen molar-refractivity contribution in [1.82, 2.24) is 25.9 Å². The van der Waals surface area contributed by atoms with E-state index < -0.39 is 30.0 Å². The van der Waals surface area contributed by atoms with Crippen molar-refractivity contribution in [2.24, 2.45) is 10.9 Å². The first kappa shape index (κ1) is 22.3. The van der Waals surface area contributed by atoms with Crippen LogP contribution < -0.4 is 16.2 Å². The molecular formula is C18H27N7O4S2. The number of aromatic nitrogens is 4. The highest BCUT2D eigenvalue weighted by Crippen LogP contribution is 2.42. The number of rotatable bonds is 5. The number of benzene rings is 1. The molecule has 0 spiro atoms. The van der Waals surface area contributed by atoms with Gasteiger partial charge in [-0.15, -0.1) is 10.2 Å². The molecule has 13 heteroatoms. The average Bonchev–Trinajstić information content (AvgIpc) is 3.28. The van der Waals surface area contributed by atoms with Crippen molar-refractivity contribution in [1.29, 1.82) is 0 Å². The van der Waals surface area contributed by atoms with Crippen molar-refractivity contribution in [2.75, 3.05) is 13.1 Å². The molecule has 2 aliphatic rings. The van der Waals surface area contributed by atoms with E-state index in [4.69, 9.17) is 10.9 Å². The minimum absolute atomic E-state index is 0.00978. The van der Waals surface area contributed by atoms with E-state index in [1.807, 2.05) is 0 Å². The molecule has 1 saturated carbocycles. The van der Waals surface area contributed by atoms with Gasteiger partial charge in [0.05, 0.1) is 10.1 Å². The molecule has 0 bridgehead atoms. The monoisotopic (exact) mass is 469 g/mol. The number of piperidine rings is 1. The zero-order valence-corrected chi connectivity index (χ0v) is 18.6. The Bertz CT molecular complexity index is 1140. The topological polar surface area (TPSA) is 187 Å². The Balaban J connectivity index is 1.95. The van der Waals surface area contributed by atoms with Crippen LogP contribution in [0.3, 0.4) is 0 Å². The molecule has 1 saturated heterocycles. The maximum Gasteiger partial charge on any atom is 0.240 e. The molecule has 0 atom stereocenters. The van der Waals surface area contributed by atoms with Gasteiger partial charge < -0.3 is 11.1 Å². The molecule has 4 rings (SSSR count). The molecule has 1 aliphatic carbocycles. The highest BCUT2D eigenvalue weighted by Gasteiger charge is 2.37. The quantitative estimate of drug-likeness (QED) is 0.468. The van der Waals surface area contributed by atoms with Gasteiger partial charge in [0.1, 0.15) is 4.90 Å². The third-order valence-corrected chi connectivity index (χ3v) is 9.68. The number of sulfone groups is 1. The molecule has 31 heavy (non-hydrogen) atoms. The fourth-order valence-corrected chi connectivity index (χ4v) is 8.01. The number of tetrazole rings is 1. The van der Waals surface area contributed by atoms with E-state index in [0.29, 0.717) is 31.5 Å². The number of sulfonamides is 1. The summed E-state index contributed by atoms with van der Waals surface area (Å²) in [6, 6.07) is 3.16. The minimum Gasteiger partial charge on any atom is -0.328 e. The predicted octanol–water partition coefficient (Wildman–Crippen LogP) is 0.0247. The summed E-state index contributed by atoms with van der Waals surface area (Å²) < 4.78 is 52.5. The Morgan fingerprint density at radius 2 is 1.65 bits per heavy atom. The maximum absolute atomic E-state index is 13.5. The van der Waals surface area contributed by atoms with Crippen LogP contribution in [0.25, 0.3) is 11.4 Å². The van der Waals surface area contributed by atoms with Crippen LogP contribution in [0.15, 0.2) is 21.9 Å². The standard InChI is InChI=1S/C18H27N7O4S2/c19-12-3-1-11(2-4-12)14-5-6-15(30(26,27)13-7-9-21-10-8-13)17(31(20,28)29)16(14)18-22-24-25-23-18/h5-6,11-13,21H,1-4,7-10,19H2,(H2,20,28,29)(H,22,23,24,25). The van der Waals surface area contributed by atoms with E-state index in [1.54, 1.807) is 6.07 Å². The van der Waals surface area contributed by atoms with Crippen LogP contribution in [-0.4, -0.2) is 61.8 Å². The van der Waals surface area contributed by atoms with Crippen molar-refractivity contribution in [3.8, 4) is 11.4 Å². The molecule has 6 N–H and O–H groups in total. The second-order valence-corrected chi connectivity index (χ2v) is 11.9. The molecule has 1 aromatic carbocycles. The number of nitrogens with one attached hydrogen (secondary N) is 2.